The second kappa shape index (κ2) is 9.01. The number of benzene rings is 3. The number of hydrogen-bond donors (Lipinski definition) is 4. The maximum Gasteiger partial charge on any atom is 0.265 e. The lowest BCUT2D eigenvalue weighted by Crippen LogP contribution is -2.34. The molecule has 0 fully saturated rings. The van der Waals surface area contributed by atoms with Crippen molar-refractivity contribution < 1.29 is 9.59 Å². The topological polar surface area (TPSA) is 110 Å². The van der Waals surface area contributed by atoms with E-state index in [1.165, 1.54) is 0 Å². The highest BCUT2D eigenvalue weighted by molar-refractivity contribution is 5.94. The molecule has 1 unspecified atom stereocenters. The molecule has 1 aliphatic carbocycles. The minimum absolute atomic E-state index is 0.00271. The van der Waals surface area contributed by atoms with Crippen LogP contribution in [0.1, 0.15) is 43.3 Å². The van der Waals surface area contributed by atoms with Crippen molar-refractivity contribution in [1.82, 2.24) is 10.9 Å². The van der Waals surface area contributed by atoms with Crippen LogP contribution in [0, 0.1) is 0 Å². The largest absolute Gasteiger partial charge is 0.290 e. The van der Waals surface area contributed by atoms with Crippen LogP contribution in [0.15, 0.2) is 103 Å². The summed E-state index contributed by atoms with van der Waals surface area (Å²) in [4.78, 5) is 23.9. The van der Waals surface area contributed by atoms with Crippen molar-refractivity contribution >= 4 is 11.8 Å². The molecule has 0 radical (unpaired) electrons. The van der Waals surface area contributed by atoms with Gasteiger partial charge in [0.15, 0.2) is 0 Å². The van der Waals surface area contributed by atoms with Crippen molar-refractivity contribution in [2.45, 2.75) is 11.3 Å². The van der Waals surface area contributed by atoms with E-state index in [4.69, 9.17) is 11.7 Å². The van der Waals surface area contributed by atoms with E-state index in [9.17, 15) is 9.59 Å². The fourth-order valence-electron chi connectivity index (χ4n) is 4.35. The summed E-state index contributed by atoms with van der Waals surface area (Å²) < 4.78 is 0. The van der Waals surface area contributed by atoms with Crippen LogP contribution in [-0.4, -0.2) is 11.8 Å². The van der Waals surface area contributed by atoms with E-state index in [2.05, 4.69) is 35.1 Å². The summed E-state index contributed by atoms with van der Waals surface area (Å²) >= 11 is 0. The van der Waals surface area contributed by atoms with Gasteiger partial charge in [0.05, 0.1) is 0 Å². The minimum atomic E-state index is -0.550. The maximum atomic E-state index is 12.0. The standard InChI is InChI=1S/C26H24N4O2/c27-29-24(31)19-9-13-21(14-10-19)26(22-15-11-20(12-16-22)25(32)30-28)17-5-4-8-23(26)18-6-2-1-3-7-18/h1-17,23H,27-28H2,(H,29,31)(H,30,32). The molecule has 0 spiro atoms. The van der Waals surface area contributed by atoms with Gasteiger partial charge in [0.1, 0.15) is 0 Å². The predicted octanol–water partition coefficient (Wildman–Crippen LogP) is 3.09. The van der Waals surface area contributed by atoms with Crippen molar-refractivity contribution in [3.63, 3.8) is 0 Å². The zero-order valence-electron chi connectivity index (χ0n) is 17.4. The van der Waals surface area contributed by atoms with Crippen molar-refractivity contribution in [3.05, 3.63) is 131 Å². The number of carbonyl (C=O) groups excluding carboxylic acids is 2. The summed E-state index contributed by atoms with van der Waals surface area (Å²) in [6, 6.07) is 25.1. The van der Waals surface area contributed by atoms with Crippen LogP contribution in [0.3, 0.4) is 0 Å². The molecule has 0 aromatic heterocycles. The summed E-state index contributed by atoms with van der Waals surface area (Å²) in [6.07, 6.45) is 8.42. The minimum Gasteiger partial charge on any atom is -0.290 e. The Kier molecular flexibility index (Phi) is 5.98. The van der Waals surface area contributed by atoms with Gasteiger partial charge in [0.25, 0.3) is 11.8 Å². The van der Waals surface area contributed by atoms with E-state index in [0.717, 1.165) is 16.7 Å². The smallest absolute Gasteiger partial charge is 0.265 e. The number of nitrogens with one attached hydrogen (secondary N) is 2. The van der Waals surface area contributed by atoms with Crippen LogP contribution < -0.4 is 22.5 Å². The maximum absolute atomic E-state index is 12.0. The molecule has 1 aliphatic rings. The average Bonchev–Trinajstić information content (AvgIpc) is 2.88. The van der Waals surface area contributed by atoms with Crippen molar-refractivity contribution in [2.24, 2.45) is 11.7 Å². The number of hydrazine groups is 2. The molecule has 0 bridgehead atoms. The van der Waals surface area contributed by atoms with Crippen molar-refractivity contribution in [2.75, 3.05) is 0 Å². The van der Waals surface area contributed by atoms with E-state index in [1.807, 2.05) is 54.6 Å². The lowest BCUT2D eigenvalue weighted by molar-refractivity contribution is 0.0945. The van der Waals surface area contributed by atoms with Crippen LogP contribution in [0.2, 0.25) is 0 Å². The molecule has 6 N–H and O–H groups in total. The molecule has 0 saturated heterocycles. The fourth-order valence-corrected chi connectivity index (χ4v) is 4.35. The first-order valence-electron chi connectivity index (χ1n) is 10.2. The summed E-state index contributed by atoms with van der Waals surface area (Å²) in [5.41, 5.74) is 7.92. The molecule has 4 rings (SSSR count). The van der Waals surface area contributed by atoms with Gasteiger partial charge >= 0.3 is 0 Å². The normalized spacial score (nSPS) is 16.4. The highest BCUT2D eigenvalue weighted by Crippen LogP contribution is 2.48. The summed E-state index contributed by atoms with van der Waals surface area (Å²) in [6.45, 7) is 0. The average molecular weight is 425 g/mol. The lowest BCUT2D eigenvalue weighted by atomic mass is 9.62. The van der Waals surface area contributed by atoms with Gasteiger partial charge in [-0.1, -0.05) is 78.9 Å². The molecule has 3 aromatic carbocycles. The zero-order chi connectivity index (χ0) is 22.6. The molecule has 6 nitrogen and oxygen atoms in total. The Bertz CT molecular complexity index is 1110. The molecule has 1 atom stereocenters. The van der Waals surface area contributed by atoms with Crippen LogP contribution in [-0.2, 0) is 5.41 Å². The van der Waals surface area contributed by atoms with Gasteiger partial charge in [-0.2, -0.15) is 0 Å². The molecule has 0 aliphatic heterocycles. The van der Waals surface area contributed by atoms with Crippen LogP contribution >= 0.6 is 0 Å². The summed E-state index contributed by atoms with van der Waals surface area (Å²) in [5.74, 6) is 9.88. The Balaban J connectivity index is 1.90. The molecule has 2 amide bonds. The number of hydrogen-bond acceptors (Lipinski definition) is 4. The molecule has 160 valence electrons. The van der Waals surface area contributed by atoms with Gasteiger partial charge in [-0.05, 0) is 41.0 Å². The van der Waals surface area contributed by atoms with Gasteiger partial charge in [0.2, 0.25) is 0 Å². The Labute approximate surface area is 186 Å². The lowest BCUT2D eigenvalue weighted by Gasteiger charge is -2.40. The molecule has 32 heavy (non-hydrogen) atoms. The molecular formula is C26H24N4O2. The Morgan fingerprint density at radius 3 is 1.66 bits per heavy atom. The van der Waals surface area contributed by atoms with Gasteiger partial charge < -0.3 is 0 Å². The number of allylic oxidation sites excluding steroid dienone is 4. The first-order valence-corrected chi connectivity index (χ1v) is 10.2. The SMILES string of the molecule is NNC(=O)c1ccc(C2(c3ccc(C(=O)NN)cc3)C=CC=CC2c2ccccc2)cc1. The molecular weight excluding hydrogens is 400 g/mol. The first-order chi connectivity index (χ1) is 15.6. The molecule has 3 aromatic rings. The highest BCUT2D eigenvalue weighted by Gasteiger charge is 2.40. The van der Waals surface area contributed by atoms with Crippen LogP contribution in [0.5, 0.6) is 0 Å². The number of amides is 2. The molecule has 6 heteroatoms. The second-order valence-corrected chi connectivity index (χ2v) is 7.60. The Morgan fingerprint density at radius 1 is 0.688 bits per heavy atom. The molecule has 0 heterocycles. The zero-order valence-corrected chi connectivity index (χ0v) is 17.4. The second-order valence-electron chi connectivity index (χ2n) is 7.60. The number of rotatable bonds is 5. The Hall–Kier alpha value is -4.00. The van der Waals surface area contributed by atoms with E-state index >= 15 is 0 Å². The third-order valence-corrected chi connectivity index (χ3v) is 5.93. The van der Waals surface area contributed by atoms with E-state index in [1.54, 1.807) is 24.3 Å². The summed E-state index contributed by atoms with van der Waals surface area (Å²) in [7, 11) is 0. The van der Waals surface area contributed by atoms with Gasteiger partial charge in [-0.15, -0.1) is 0 Å². The number of nitrogen functional groups attached to an aromatic ring is 2. The quantitative estimate of drug-likeness (QED) is 0.287. The fraction of sp³-hybridized carbons (Fsp3) is 0.0769. The van der Waals surface area contributed by atoms with Crippen LogP contribution in [0.25, 0.3) is 0 Å². The van der Waals surface area contributed by atoms with Crippen molar-refractivity contribution in [1.29, 1.82) is 0 Å². The van der Waals surface area contributed by atoms with E-state index in [0.29, 0.717) is 11.1 Å². The van der Waals surface area contributed by atoms with Crippen molar-refractivity contribution in [3.8, 4) is 0 Å². The van der Waals surface area contributed by atoms with Gasteiger partial charge in [-0.3, -0.25) is 20.4 Å². The third kappa shape index (κ3) is 3.73. The van der Waals surface area contributed by atoms with Crippen LogP contribution in [0.4, 0.5) is 0 Å². The van der Waals surface area contributed by atoms with Gasteiger partial charge in [0, 0.05) is 22.5 Å². The number of nitrogens with two attached hydrogens (primary N) is 2. The number of carbonyl (C=O) groups is 2. The third-order valence-electron chi connectivity index (χ3n) is 5.93. The monoisotopic (exact) mass is 424 g/mol. The molecule has 0 saturated carbocycles. The first kappa shape index (κ1) is 21.2. The predicted molar refractivity (Wildman–Crippen MR) is 124 cm³/mol. The Morgan fingerprint density at radius 2 is 1.19 bits per heavy atom. The van der Waals surface area contributed by atoms with Gasteiger partial charge in [-0.25, -0.2) is 11.7 Å². The van der Waals surface area contributed by atoms with E-state index < -0.39 is 5.41 Å². The van der Waals surface area contributed by atoms with E-state index in [-0.39, 0.29) is 17.7 Å². The highest BCUT2D eigenvalue weighted by atomic mass is 16.2. The summed E-state index contributed by atoms with van der Waals surface area (Å²) in [5, 5.41) is 0.